The maximum atomic E-state index is 3.67. The Bertz CT molecular complexity index is 378. The van der Waals surface area contributed by atoms with Gasteiger partial charge in [0.2, 0.25) is 0 Å². The first kappa shape index (κ1) is 9.52. The molecule has 1 aliphatic heterocycles. The zero-order chi connectivity index (χ0) is 10.3. The monoisotopic (exact) mass is 266 g/mol. The van der Waals surface area contributed by atoms with Crippen LogP contribution in [0.25, 0.3) is 0 Å². The van der Waals surface area contributed by atoms with E-state index < -0.39 is 0 Å². The van der Waals surface area contributed by atoms with Gasteiger partial charge in [0.05, 0.1) is 11.4 Å². The summed E-state index contributed by atoms with van der Waals surface area (Å²) < 4.78 is 1.14. The number of hydrogen-bond acceptors (Lipinski definition) is 2. The Morgan fingerprint density at radius 1 is 1.20 bits per heavy atom. The highest BCUT2D eigenvalue weighted by Gasteiger charge is 2.29. The summed E-state index contributed by atoms with van der Waals surface area (Å²) in [6, 6.07) is 7.10. The molecule has 0 spiro atoms. The minimum absolute atomic E-state index is 0.680. The average molecular weight is 267 g/mol. The van der Waals surface area contributed by atoms with Crippen molar-refractivity contribution in [3.63, 3.8) is 0 Å². The Labute approximate surface area is 98.6 Å². The zero-order valence-electron chi connectivity index (χ0n) is 8.59. The topological polar surface area (TPSA) is 24.1 Å². The molecule has 80 valence electrons. The molecule has 1 heterocycles. The van der Waals surface area contributed by atoms with E-state index in [2.05, 4.69) is 44.8 Å². The summed E-state index contributed by atoms with van der Waals surface area (Å²) in [7, 11) is 0. The number of anilines is 2. The van der Waals surface area contributed by atoms with Gasteiger partial charge in [0.15, 0.2) is 0 Å². The van der Waals surface area contributed by atoms with Crippen LogP contribution in [-0.4, -0.2) is 12.6 Å². The molecule has 1 aromatic carbocycles. The van der Waals surface area contributed by atoms with E-state index in [1.54, 1.807) is 0 Å². The molecule has 0 radical (unpaired) electrons. The van der Waals surface area contributed by atoms with Crippen molar-refractivity contribution < 1.29 is 0 Å². The van der Waals surface area contributed by atoms with Crippen molar-refractivity contribution in [1.82, 2.24) is 0 Å². The van der Waals surface area contributed by atoms with Crippen molar-refractivity contribution in [3.05, 3.63) is 22.7 Å². The number of fused-ring (bicyclic) bond motifs is 2. The van der Waals surface area contributed by atoms with Gasteiger partial charge in [0.25, 0.3) is 0 Å². The maximum Gasteiger partial charge on any atom is 0.0587 e. The smallest absolute Gasteiger partial charge is 0.0587 e. The molecular formula is C12H15BrN2. The predicted octanol–water partition coefficient (Wildman–Crippen LogP) is 3.46. The predicted molar refractivity (Wildman–Crippen MR) is 67.4 cm³/mol. The van der Waals surface area contributed by atoms with Crippen LogP contribution in [0.4, 0.5) is 11.4 Å². The van der Waals surface area contributed by atoms with Gasteiger partial charge in [-0.25, -0.2) is 0 Å². The molecule has 3 heteroatoms. The summed E-state index contributed by atoms with van der Waals surface area (Å²) in [6.45, 7) is 1.11. The summed E-state index contributed by atoms with van der Waals surface area (Å²) >= 11 is 3.51. The van der Waals surface area contributed by atoms with Crippen LogP contribution in [-0.2, 0) is 0 Å². The van der Waals surface area contributed by atoms with Gasteiger partial charge in [-0.3, -0.25) is 0 Å². The molecule has 1 saturated carbocycles. The van der Waals surface area contributed by atoms with E-state index in [1.807, 2.05) is 0 Å². The summed E-state index contributed by atoms with van der Waals surface area (Å²) in [5.74, 6) is 0.802. The first-order valence-corrected chi connectivity index (χ1v) is 6.42. The first-order chi connectivity index (χ1) is 7.33. The Hall–Kier alpha value is -0.700. The number of halogens is 1. The van der Waals surface area contributed by atoms with E-state index in [4.69, 9.17) is 0 Å². The van der Waals surface area contributed by atoms with Crippen molar-refractivity contribution in [2.45, 2.75) is 25.3 Å². The highest BCUT2D eigenvalue weighted by molar-refractivity contribution is 9.10. The highest BCUT2D eigenvalue weighted by atomic mass is 79.9. The third-order valence-corrected chi connectivity index (χ3v) is 4.03. The van der Waals surface area contributed by atoms with E-state index in [1.165, 1.54) is 30.6 Å². The minimum Gasteiger partial charge on any atom is -0.383 e. The molecule has 2 aliphatic rings. The number of benzene rings is 1. The van der Waals surface area contributed by atoms with Crippen LogP contribution < -0.4 is 10.6 Å². The number of rotatable bonds is 0. The molecule has 15 heavy (non-hydrogen) atoms. The normalized spacial score (nSPS) is 28.3. The molecule has 2 unspecified atom stereocenters. The van der Waals surface area contributed by atoms with Crippen molar-refractivity contribution in [3.8, 4) is 0 Å². The van der Waals surface area contributed by atoms with Crippen molar-refractivity contribution in [2.24, 2.45) is 5.92 Å². The fourth-order valence-electron chi connectivity index (χ4n) is 2.70. The molecule has 2 N–H and O–H groups in total. The van der Waals surface area contributed by atoms with Crippen LogP contribution in [0, 0.1) is 5.92 Å². The molecule has 2 atom stereocenters. The third kappa shape index (κ3) is 1.73. The molecule has 0 aromatic heterocycles. The third-order valence-electron chi connectivity index (χ3n) is 3.54. The number of nitrogens with one attached hydrogen (secondary N) is 2. The van der Waals surface area contributed by atoms with E-state index in [-0.39, 0.29) is 0 Å². The van der Waals surface area contributed by atoms with E-state index in [9.17, 15) is 0 Å². The van der Waals surface area contributed by atoms with E-state index >= 15 is 0 Å². The van der Waals surface area contributed by atoms with Crippen LogP contribution in [0.2, 0.25) is 0 Å². The Kier molecular flexibility index (Phi) is 2.35. The van der Waals surface area contributed by atoms with Crippen LogP contribution in [0.15, 0.2) is 22.7 Å². The van der Waals surface area contributed by atoms with Gasteiger partial charge in [0.1, 0.15) is 0 Å². The molecule has 0 amide bonds. The van der Waals surface area contributed by atoms with Gasteiger partial charge in [-0.15, -0.1) is 0 Å². The average Bonchev–Trinajstić information content (AvgIpc) is 2.59. The van der Waals surface area contributed by atoms with Crippen molar-refractivity contribution >= 4 is 27.3 Å². The van der Waals surface area contributed by atoms with Crippen LogP contribution >= 0.6 is 15.9 Å². The van der Waals surface area contributed by atoms with Crippen LogP contribution in [0.5, 0.6) is 0 Å². The lowest BCUT2D eigenvalue weighted by Crippen LogP contribution is -2.25. The lowest BCUT2D eigenvalue weighted by Gasteiger charge is -2.17. The van der Waals surface area contributed by atoms with Crippen molar-refractivity contribution in [1.29, 1.82) is 0 Å². The number of hydrogen-bond donors (Lipinski definition) is 2. The summed E-state index contributed by atoms with van der Waals surface area (Å²) in [5, 5.41) is 7.21. The van der Waals surface area contributed by atoms with E-state index in [0.29, 0.717) is 6.04 Å². The van der Waals surface area contributed by atoms with Gasteiger partial charge >= 0.3 is 0 Å². The molecule has 0 saturated heterocycles. The van der Waals surface area contributed by atoms with Gasteiger partial charge in [-0.2, -0.15) is 0 Å². The van der Waals surface area contributed by atoms with E-state index in [0.717, 1.165) is 16.9 Å². The molecule has 1 fully saturated rings. The summed E-state index contributed by atoms with van der Waals surface area (Å²) in [5.41, 5.74) is 2.49. The molecule has 0 bridgehead atoms. The lowest BCUT2D eigenvalue weighted by molar-refractivity contribution is 0.537. The fraction of sp³-hybridized carbons (Fsp3) is 0.500. The van der Waals surface area contributed by atoms with Crippen LogP contribution in [0.1, 0.15) is 19.3 Å². The second-order valence-electron chi connectivity index (χ2n) is 4.51. The molecular weight excluding hydrogens is 252 g/mol. The highest BCUT2D eigenvalue weighted by Crippen LogP contribution is 2.35. The fourth-order valence-corrected chi connectivity index (χ4v) is 3.06. The second-order valence-corrected chi connectivity index (χ2v) is 5.43. The quantitative estimate of drug-likeness (QED) is 0.752. The van der Waals surface area contributed by atoms with Gasteiger partial charge in [0, 0.05) is 17.1 Å². The summed E-state index contributed by atoms with van der Waals surface area (Å²) in [4.78, 5) is 0. The zero-order valence-corrected chi connectivity index (χ0v) is 10.2. The molecule has 1 aromatic rings. The largest absolute Gasteiger partial charge is 0.383 e. The standard InChI is InChI=1S/C12H15BrN2/c13-9-4-5-11-12(6-9)14-7-8-2-1-3-10(8)15-11/h4-6,8,10,14-15H,1-3,7H2. The first-order valence-electron chi connectivity index (χ1n) is 5.63. The Morgan fingerprint density at radius 3 is 3.07 bits per heavy atom. The summed E-state index contributed by atoms with van der Waals surface area (Å²) in [6.07, 6.45) is 4.05. The lowest BCUT2D eigenvalue weighted by atomic mass is 10.0. The van der Waals surface area contributed by atoms with Gasteiger partial charge in [-0.1, -0.05) is 22.4 Å². The minimum atomic E-state index is 0.680. The SMILES string of the molecule is Brc1ccc2c(c1)NCC1CCCC1N2. The van der Waals surface area contributed by atoms with Gasteiger partial charge < -0.3 is 10.6 Å². The Balaban J connectivity index is 1.93. The Morgan fingerprint density at radius 2 is 2.13 bits per heavy atom. The van der Waals surface area contributed by atoms with Crippen molar-refractivity contribution in [2.75, 3.05) is 17.2 Å². The molecule has 1 aliphatic carbocycles. The molecule has 2 nitrogen and oxygen atoms in total. The maximum absolute atomic E-state index is 3.67. The molecule has 3 rings (SSSR count). The van der Waals surface area contributed by atoms with Crippen LogP contribution in [0.3, 0.4) is 0 Å². The van der Waals surface area contributed by atoms with Gasteiger partial charge in [-0.05, 0) is 37.0 Å². The second kappa shape index (κ2) is 3.71.